The Morgan fingerprint density at radius 2 is 2.10 bits per heavy atom. The molecule has 0 unspecified atom stereocenters. The predicted octanol–water partition coefficient (Wildman–Crippen LogP) is 3.65. The van der Waals surface area contributed by atoms with Gasteiger partial charge in [-0.05, 0) is 24.6 Å². The fourth-order valence-electron chi connectivity index (χ4n) is 1.74. The average Bonchev–Trinajstić information content (AvgIpc) is 2.41. The van der Waals surface area contributed by atoms with Gasteiger partial charge in [-0.25, -0.2) is 4.39 Å². The summed E-state index contributed by atoms with van der Waals surface area (Å²) < 4.78 is 19.0. The lowest BCUT2D eigenvalue weighted by Gasteiger charge is -2.11. The molecule has 2 rings (SSSR count). The maximum atomic E-state index is 13.3. The number of halogens is 2. The quantitative estimate of drug-likeness (QED) is 0.667. The highest BCUT2D eigenvalue weighted by molar-refractivity contribution is 6.31. The van der Waals surface area contributed by atoms with E-state index in [0.29, 0.717) is 16.9 Å². The molecule has 0 aliphatic carbocycles. The Labute approximate surface area is 121 Å². The zero-order valence-electron chi connectivity index (χ0n) is 10.9. The second-order valence-corrected chi connectivity index (χ2v) is 4.77. The number of rotatable bonds is 4. The molecule has 0 bridgehead atoms. The van der Waals surface area contributed by atoms with Gasteiger partial charge in [-0.15, -0.1) is 0 Å². The Morgan fingerprint density at radius 1 is 1.35 bits per heavy atom. The molecule has 0 saturated heterocycles. The van der Waals surface area contributed by atoms with Gasteiger partial charge in [0.1, 0.15) is 24.0 Å². The molecule has 0 radical (unpaired) electrons. The summed E-state index contributed by atoms with van der Waals surface area (Å²) in [5.74, 6) is 0.0960. The van der Waals surface area contributed by atoms with Crippen LogP contribution in [0.1, 0.15) is 16.7 Å². The molecule has 0 spiro atoms. The van der Waals surface area contributed by atoms with Gasteiger partial charge in [-0.1, -0.05) is 35.9 Å². The first-order valence-corrected chi connectivity index (χ1v) is 6.37. The zero-order valence-corrected chi connectivity index (χ0v) is 11.7. The number of hydrogen-bond acceptors (Lipinski definition) is 2. The van der Waals surface area contributed by atoms with Crippen molar-refractivity contribution in [3.05, 3.63) is 63.9 Å². The highest BCUT2D eigenvalue weighted by atomic mass is 35.5. The highest BCUT2D eigenvalue weighted by Crippen LogP contribution is 2.24. The molecule has 0 amide bonds. The molecule has 20 heavy (non-hydrogen) atoms. The first-order chi connectivity index (χ1) is 9.49. The number of benzene rings is 2. The van der Waals surface area contributed by atoms with E-state index in [2.05, 4.69) is 0 Å². The van der Waals surface area contributed by atoms with Crippen LogP contribution in [0.4, 0.5) is 4.39 Å². The first kappa shape index (κ1) is 14.3. The van der Waals surface area contributed by atoms with E-state index in [9.17, 15) is 4.39 Å². The van der Waals surface area contributed by atoms with Crippen LogP contribution in [0, 0.1) is 18.2 Å². The van der Waals surface area contributed by atoms with Crippen LogP contribution in [0.3, 0.4) is 0 Å². The summed E-state index contributed by atoms with van der Waals surface area (Å²) in [6, 6.07) is 9.84. The van der Waals surface area contributed by atoms with Crippen molar-refractivity contribution in [1.29, 1.82) is 5.41 Å². The molecule has 0 aliphatic heterocycles. The molecule has 5 heteroatoms. The van der Waals surface area contributed by atoms with Gasteiger partial charge >= 0.3 is 0 Å². The largest absolute Gasteiger partial charge is 0.489 e. The molecule has 0 aromatic heterocycles. The molecule has 0 heterocycles. The number of hydrogen-bond donors (Lipinski definition) is 2. The minimum absolute atomic E-state index is 0.0290. The smallest absolute Gasteiger partial charge is 0.142 e. The van der Waals surface area contributed by atoms with Crippen molar-refractivity contribution < 1.29 is 9.13 Å². The van der Waals surface area contributed by atoms with Crippen LogP contribution < -0.4 is 10.5 Å². The molecular weight excluding hydrogens is 279 g/mol. The van der Waals surface area contributed by atoms with Gasteiger partial charge in [-0.2, -0.15) is 0 Å². The van der Waals surface area contributed by atoms with E-state index in [0.717, 1.165) is 5.56 Å². The summed E-state index contributed by atoms with van der Waals surface area (Å²) in [6.45, 7) is 2.03. The van der Waals surface area contributed by atoms with Gasteiger partial charge in [0.25, 0.3) is 0 Å². The second-order valence-electron chi connectivity index (χ2n) is 4.40. The van der Waals surface area contributed by atoms with Gasteiger partial charge in [0.15, 0.2) is 0 Å². The summed E-state index contributed by atoms with van der Waals surface area (Å²) >= 11 is 5.87. The number of nitrogens with one attached hydrogen (secondary N) is 1. The summed E-state index contributed by atoms with van der Waals surface area (Å²) in [7, 11) is 0. The number of amidine groups is 1. The van der Waals surface area contributed by atoms with Crippen molar-refractivity contribution in [2.75, 3.05) is 0 Å². The molecule has 2 aromatic rings. The average molecular weight is 293 g/mol. The molecule has 0 aliphatic rings. The summed E-state index contributed by atoms with van der Waals surface area (Å²) in [4.78, 5) is 0. The van der Waals surface area contributed by atoms with Crippen molar-refractivity contribution >= 4 is 17.4 Å². The minimum Gasteiger partial charge on any atom is -0.489 e. The van der Waals surface area contributed by atoms with Gasteiger partial charge in [0.2, 0.25) is 0 Å². The first-order valence-electron chi connectivity index (χ1n) is 6.00. The normalized spacial score (nSPS) is 10.3. The fourth-order valence-corrected chi connectivity index (χ4v) is 1.92. The van der Waals surface area contributed by atoms with Crippen LogP contribution in [0.15, 0.2) is 36.4 Å². The Hall–Kier alpha value is -2.07. The summed E-state index contributed by atoms with van der Waals surface area (Å²) in [5, 5.41) is 7.48. The highest BCUT2D eigenvalue weighted by Gasteiger charge is 2.08. The maximum absolute atomic E-state index is 13.3. The zero-order chi connectivity index (χ0) is 14.7. The molecular formula is C15H14ClFN2O. The van der Waals surface area contributed by atoms with Crippen molar-refractivity contribution in [2.45, 2.75) is 13.5 Å². The van der Waals surface area contributed by atoms with Crippen LogP contribution in [0.25, 0.3) is 0 Å². The van der Waals surface area contributed by atoms with Gasteiger partial charge < -0.3 is 10.5 Å². The van der Waals surface area contributed by atoms with E-state index >= 15 is 0 Å². The second kappa shape index (κ2) is 5.92. The number of ether oxygens (including phenoxy) is 1. The van der Waals surface area contributed by atoms with Crippen molar-refractivity contribution in [3.8, 4) is 5.75 Å². The number of aryl methyl sites for hydroxylation is 1. The van der Waals surface area contributed by atoms with Gasteiger partial charge in [-0.3, -0.25) is 5.41 Å². The third-order valence-electron chi connectivity index (χ3n) is 2.91. The minimum atomic E-state index is -0.470. The lowest BCUT2D eigenvalue weighted by atomic mass is 10.1. The van der Waals surface area contributed by atoms with Crippen LogP contribution in [0.2, 0.25) is 5.02 Å². The Kier molecular flexibility index (Phi) is 4.25. The lowest BCUT2D eigenvalue weighted by Crippen LogP contribution is -2.11. The third kappa shape index (κ3) is 3.08. The van der Waals surface area contributed by atoms with E-state index in [1.54, 1.807) is 24.3 Å². The molecule has 3 N–H and O–H groups in total. The predicted molar refractivity (Wildman–Crippen MR) is 77.9 cm³/mol. The van der Waals surface area contributed by atoms with Crippen molar-refractivity contribution in [2.24, 2.45) is 5.73 Å². The van der Waals surface area contributed by atoms with Crippen LogP contribution in [0.5, 0.6) is 5.75 Å². The SMILES string of the molecule is Cc1ccc(C(=N)N)cc1OCc1cccc(F)c1Cl. The van der Waals surface area contributed by atoms with E-state index < -0.39 is 5.82 Å². The molecule has 0 fully saturated rings. The van der Waals surface area contributed by atoms with Crippen molar-refractivity contribution in [1.82, 2.24) is 0 Å². The Balaban J connectivity index is 2.20. The van der Waals surface area contributed by atoms with E-state index in [-0.39, 0.29) is 17.5 Å². The Morgan fingerprint density at radius 3 is 2.80 bits per heavy atom. The molecule has 2 aromatic carbocycles. The van der Waals surface area contributed by atoms with E-state index in [1.807, 2.05) is 13.0 Å². The topological polar surface area (TPSA) is 59.1 Å². The monoisotopic (exact) mass is 292 g/mol. The third-order valence-corrected chi connectivity index (χ3v) is 3.34. The van der Waals surface area contributed by atoms with Crippen LogP contribution in [-0.4, -0.2) is 5.84 Å². The van der Waals surface area contributed by atoms with E-state index in [1.165, 1.54) is 6.07 Å². The molecule has 104 valence electrons. The van der Waals surface area contributed by atoms with Crippen LogP contribution in [-0.2, 0) is 6.61 Å². The lowest BCUT2D eigenvalue weighted by molar-refractivity contribution is 0.303. The van der Waals surface area contributed by atoms with Gasteiger partial charge in [0.05, 0.1) is 5.02 Å². The Bertz CT molecular complexity index is 658. The molecule has 3 nitrogen and oxygen atoms in total. The molecule has 0 atom stereocenters. The van der Waals surface area contributed by atoms with E-state index in [4.69, 9.17) is 27.5 Å². The molecule has 0 saturated carbocycles. The maximum Gasteiger partial charge on any atom is 0.142 e. The van der Waals surface area contributed by atoms with Crippen molar-refractivity contribution in [3.63, 3.8) is 0 Å². The van der Waals surface area contributed by atoms with Gasteiger partial charge in [0, 0.05) is 11.1 Å². The number of nitrogen functional groups attached to an aromatic ring is 1. The standard InChI is InChI=1S/C15H14ClFN2O/c1-9-5-6-10(15(18)19)7-13(9)20-8-11-3-2-4-12(17)14(11)16/h2-7H,8H2,1H3,(H3,18,19). The summed E-state index contributed by atoms with van der Waals surface area (Å²) in [5.41, 5.74) is 7.49. The summed E-state index contributed by atoms with van der Waals surface area (Å²) in [6.07, 6.45) is 0. The van der Waals surface area contributed by atoms with Crippen LogP contribution >= 0.6 is 11.6 Å². The fraction of sp³-hybridized carbons (Fsp3) is 0.133. The number of nitrogens with two attached hydrogens (primary N) is 1.